The van der Waals surface area contributed by atoms with E-state index in [9.17, 15) is 22.8 Å². The molecule has 5 nitrogen and oxygen atoms in total. The molecule has 8 heteroatoms. The van der Waals surface area contributed by atoms with Gasteiger partial charge < -0.3 is 15.0 Å². The van der Waals surface area contributed by atoms with Crippen LogP contribution in [0.1, 0.15) is 19.4 Å². The summed E-state index contributed by atoms with van der Waals surface area (Å²) in [4.78, 5) is 26.4. The number of ether oxygens (including phenoxy) is 1. The van der Waals surface area contributed by atoms with E-state index in [-0.39, 0.29) is 11.6 Å². The lowest BCUT2D eigenvalue weighted by atomic mass is 9.90. The van der Waals surface area contributed by atoms with Gasteiger partial charge in [-0.1, -0.05) is 0 Å². The van der Waals surface area contributed by atoms with Gasteiger partial charge in [0.25, 0.3) is 0 Å². The summed E-state index contributed by atoms with van der Waals surface area (Å²) in [5.74, 6) is -0.908. The monoisotopic (exact) mass is 344 g/mol. The molecule has 1 fully saturated rings. The lowest BCUT2D eigenvalue weighted by Crippen LogP contribution is -2.51. The average Bonchev–Trinajstić information content (AvgIpc) is 2.54. The summed E-state index contributed by atoms with van der Waals surface area (Å²) in [6.07, 6.45) is -4.44. The van der Waals surface area contributed by atoms with Crippen LogP contribution in [-0.4, -0.2) is 43.0 Å². The van der Waals surface area contributed by atoms with E-state index in [1.54, 1.807) is 4.90 Å². The quantitative estimate of drug-likeness (QED) is 0.858. The number of hydrogen-bond donors (Lipinski definition) is 1. The first-order valence-corrected chi connectivity index (χ1v) is 7.48. The van der Waals surface area contributed by atoms with Crippen molar-refractivity contribution in [2.45, 2.75) is 20.0 Å². The third kappa shape index (κ3) is 4.05. The van der Waals surface area contributed by atoms with E-state index >= 15 is 0 Å². The van der Waals surface area contributed by atoms with E-state index in [2.05, 4.69) is 5.32 Å². The topological polar surface area (TPSA) is 58.6 Å². The normalized spacial score (nSPS) is 16.0. The third-order valence-electron chi connectivity index (χ3n) is 3.87. The maximum absolute atomic E-state index is 12.5. The van der Waals surface area contributed by atoms with Gasteiger partial charge in [0.1, 0.15) is 5.41 Å². The molecule has 1 aromatic rings. The Morgan fingerprint density at radius 1 is 1.08 bits per heavy atom. The number of benzene rings is 1. The minimum Gasteiger partial charge on any atom is -0.378 e. The summed E-state index contributed by atoms with van der Waals surface area (Å²) in [5.41, 5.74) is -1.93. The number of carbonyl (C=O) groups excluding carboxylic acids is 2. The number of halogens is 3. The number of alkyl halides is 3. The zero-order valence-electron chi connectivity index (χ0n) is 13.4. The number of anilines is 1. The molecule has 0 aliphatic carbocycles. The van der Waals surface area contributed by atoms with E-state index in [0.29, 0.717) is 26.3 Å². The van der Waals surface area contributed by atoms with Crippen LogP contribution < -0.4 is 5.32 Å². The maximum Gasteiger partial charge on any atom is 0.416 e. The predicted octanol–water partition coefficient (Wildman–Crippen LogP) is 2.53. The number of nitrogens with one attached hydrogen (secondary N) is 1. The zero-order chi connectivity index (χ0) is 18.0. The molecule has 0 spiro atoms. The fourth-order valence-corrected chi connectivity index (χ4v) is 2.29. The van der Waals surface area contributed by atoms with Gasteiger partial charge in [0.2, 0.25) is 11.8 Å². The molecule has 24 heavy (non-hydrogen) atoms. The van der Waals surface area contributed by atoms with Gasteiger partial charge in [0, 0.05) is 18.8 Å². The van der Waals surface area contributed by atoms with E-state index in [4.69, 9.17) is 4.74 Å². The molecule has 1 aromatic carbocycles. The summed E-state index contributed by atoms with van der Waals surface area (Å²) in [7, 11) is 0. The van der Waals surface area contributed by atoms with Crippen LogP contribution in [0, 0.1) is 5.41 Å². The Bertz CT molecular complexity index is 606. The van der Waals surface area contributed by atoms with Gasteiger partial charge in [-0.05, 0) is 38.1 Å². The summed E-state index contributed by atoms with van der Waals surface area (Å²) in [6.45, 7) is 4.64. The number of carbonyl (C=O) groups is 2. The minimum absolute atomic E-state index is 0.204. The summed E-state index contributed by atoms with van der Waals surface area (Å²) >= 11 is 0. The highest BCUT2D eigenvalue weighted by Crippen LogP contribution is 2.30. The van der Waals surface area contributed by atoms with Crippen molar-refractivity contribution in [3.63, 3.8) is 0 Å². The molecule has 1 saturated heterocycles. The van der Waals surface area contributed by atoms with E-state index < -0.39 is 23.1 Å². The van der Waals surface area contributed by atoms with Crippen molar-refractivity contribution in [2.75, 3.05) is 31.6 Å². The smallest absolute Gasteiger partial charge is 0.378 e. The fraction of sp³-hybridized carbons (Fsp3) is 0.500. The minimum atomic E-state index is -4.44. The molecule has 0 atom stereocenters. The van der Waals surface area contributed by atoms with Gasteiger partial charge in [0.05, 0.1) is 18.8 Å². The molecule has 0 radical (unpaired) electrons. The number of morpholine rings is 1. The van der Waals surface area contributed by atoms with E-state index in [0.717, 1.165) is 24.3 Å². The van der Waals surface area contributed by atoms with Crippen molar-refractivity contribution in [2.24, 2.45) is 5.41 Å². The molecular formula is C16H19F3N2O3. The van der Waals surface area contributed by atoms with Crippen LogP contribution in [0.5, 0.6) is 0 Å². The second-order valence-electron chi connectivity index (χ2n) is 6.06. The predicted molar refractivity (Wildman–Crippen MR) is 81.3 cm³/mol. The second-order valence-corrected chi connectivity index (χ2v) is 6.06. The van der Waals surface area contributed by atoms with Crippen molar-refractivity contribution >= 4 is 17.5 Å². The summed E-state index contributed by atoms with van der Waals surface area (Å²) in [6, 6.07) is 4.09. The Kier molecular flexibility index (Phi) is 5.17. The van der Waals surface area contributed by atoms with Crippen molar-refractivity contribution in [1.82, 2.24) is 4.90 Å². The van der Waals surface area contributed by atoms with Crippen molar-refractivity contribution < 1.29 is 27.5 Å². The maximum atomic E-state index is 12.5. The molecule has 2 amide bonds. The van der Waals surface area contributed by atoms with Gasteiger partial charge in [-0.3, -0.25) is 9.59 Å². The fourth-order valence-electron chi connectivity index (χ4n) is 2.29. The van der Waals surface area contributed by atoms with Crippen molar-refractivity contribution in [1.29, 1.82) is 0 Å². The Labute approximate surface area is 137 Å². The van der Waals surface area contributed by atoms with Crippen LogP contribution in [-0.2, 0) is 20.5 Å². The van der Waals surface area contributed by atoms with E-state index in [1.165, 1.54) is 13.8 Å². The molecule has 1 heterocycles. The first-order chi connectivity index (χ1) is 11.1. The standard InChI is InChI=1S/C16H19F3N2O3/c1-15(2,14(23)21-7-9-24-10-8-21)13(22)20-12-5-3-11(4-6-12)16(17,18)19/h3-6H,7-10H2,1-2H3,(H,20,22). The van der Waals surface area contributed by atoms with Crippen LogP contribution in [0.4, 0.5) is 18.9 Å². The van der Waals surface area contributed by atoms with Gasteiger partial charge in [0.15, 0.2) is 0 Å². The number of amides is 2. The van der Waals surface area contributed by atoms with Crippen LogP contribution in [0.2, 0.25) is 0 Å². The zero-order valence-corrected chi connectivity index (χ0v) is 13.4. The molecular weight excluding hydrogens is 325 g/mol. The highest BCUT2D eigenvalue weighted by molar-refractivity contribution is 6.09. The lowest BCUT2D eigenvalue weighted by Gasteiger charge is -2.33. The second kappa shape index (κ2) is 6.80. The molecule has 2 rings (SSSR count). The SMILES string of the molecule is CC(C)(C(=O)Nc1ccc(C(F)(F)F)cc1)C(=O)N1CCOCC1. The Morgan fingerprint density at radius 2 is 1.62 bits per heavy atom. The highest BCUT2D eigenvalue weighted by atomic mass is 19.4. The van der Waals surface area contributed by atoms with Crippen molar-refractivity contribution in [3.8, 4) is 0 Å². The third-order valence-corrected chi connectivity index (χ3v) is 3.87. The summed E-state index contributed by atoms with van der Waals surface area (Å²) in [5, 5.41) is 2.50. The molecule has 0 unspecified atom stereocenters. The van der Waals surface area contributed by atoms with E-state index in [1.807, 2.05) is 0 Å². The molecule has 1 aliphatic rings. The van der Waals surface area contributed by atoms with Gasteiger partial charge in [-0.15, -0.1) is 0 Å². The lowest BCUT2D eigenvalue weighted by molar-refractivity contribution is -0.149. The Balaban J connectivity index is 2.05. The molecule has 1 aliphatic heterocycles. The molecule has 132 valence electrons. The molecule has 0 aromatic heterocycles. The summed E-state index contributed by atoms with van der Waals surface area (Å²) < 4.78 is 42.8. The molecule has 0 saturated carbocycles. The first kappa shape index (κ1) is 18.3. The van der Waals surface area contributed by atoms with Gasteiger partial charge >= 0.3 is 6.18 Å². The Morgan fingerprint density at radius 3 is 2.12 bits per heavy atom. The van der Waals surface area contributed by atoms with Crippen LogP contribution in [0.25, 0.3) is 0 Å². The van der Waals surface area contributed by atoms with Crippen LogP contribution in [0.3, 0.4) is 0 Å². The number of hydrogen-bond acceptors (Lipinski definition) is 3. The molecule has 1 N–H and O–H groups in total. The van der Waals surface area contributed by atoms with Crippen LogP contribution in [0.15, 0.2) is 24.3 Å². The largest absolute Gasteiger partial charge is 0.416 e. The Hall–Kier alpha value is -2.09. The number of nitrogens with zero attached hydrogens (tertiary/aromatic N) is 1. The number of rotatable bonds is 3. The highest BCUT2D eigenvalue weighted by Gasteiger charge is 2.39. The van der Waals surface area contributed by atoms with Crippen molar-refractivity contribution in [3.05, 3.63) is 29.8 Å². The van der Waals surface area contributed by atoms with Crippen LogP contribution >= 0.6 is 0 Å². The molecule has 0 bridgehead atoms. The average molecular weight is 344 g/mol. The first-order valence-electron chi connectivity index (χ1n) is 7.48. The van der Waals surface area contributed by atoms with Gasteiger partial charge in [-0.25, -0.2) is 0 Å². The van der Waals surface area contributed by atoms with Gasteiger partial charge in [-0.2, -0.15) is 13.2 Å².